The number of nitrogens with zero attached hydrogens (tertiary/aromatic N) is 3. The van der Waals surface area contributed by atoms with Gasteiger partial charge in [-0.05, 0) is 82.1 Å². The van der Waals surface area contributed by atoms with Gasteiger partial charge in [0.05, 0.1) is 24.2 Å². The first kappa shape index (κ1) is 28.0. The molecular weight excluding hydrogens is 502 g/mol. The fourth-order valence-corrected chi connectivity index (χ4v) is 5.05. The van der Waals surface area contributed by atoms with Crippen LogP contribution in [-0.4, -0.2) is 77.2 Å². The van der Waals surface area contributed by atoms with Gasteiger partial charge in [-0.25, -0.2) is 19.0 Å². The molecule has 1 aliphatic heterocycles. The molecule has 2 aromatic carbocycles. The van der Waals surface area contributed by atoms with E-state index in [4.69, 9.17) is 9.47 Å². The van der Waals surface area contributed by atoms with Crippen LogP contribution in [0.15, 0.2) is 53.3 Å². The summed E-state index contributed by atoms with van der Waals surface area (Å²) in [7, 11) is 1.59. The van der Waals surface area contributed by atoms with Crippen LogP contribution in [0.3, 0.4) is 0 Å². The van der Waals surface area contributed by atoms with Gasteiger partial charge in [0.2, 0.25) is 0 Å². The van der Waals surface area contributed by atoms with Crippen LogP contribution in [0, 0.1) is 5.92 Å². The van der Waals surface area contributed by atoms with E-state index in [0.29, 0.717) is 24.4 Å². The Balaban J connectivity index is 1.28. The predicted molar refractivity (Wildman–Crippen MR) is 148 cm³/mol. The summed E-state index contributed by atoms with van der Waals surface area (Å²) in [5.41, 5.74) is 0.992. The zero-order valence-corrected chi connectivity index (χ0v) is 22.6. The first-order valence-corrected chi connectivity index (χ1v) is 13.3. The molecule has 1 unspecified atom stereocenters. The highest BCUT2D eigenvalue weighted by atomic mass is 16.5. The van der Waals surface area contributed by atoms with Gasteiger partial charge in [-0.3, -0.25) is 4.57 Å². The molecule has 11 heteroatoms. The van der Waals surface area contributed by atoms with Crippen LogP contribution in [0.5, 0.6) is 11.5 Å². The Kier molecular flexibility index (Phi) is 9.13. The second-order valence-electron chi connectivity index (χ2n) is 10.1. The Morgan fingerprint density at radius 2 is 1.67 bits per heavy atom. The molecule has 1 saturated heterocycles. The average molecular weight is 540 g/mol. The number of carbonyl (C=O) groups excluding carboxylic acids is 1. The minimum Gasteiger partial charge on any atom is -0.497 e. The number of aromatic nitrogens is 2. The van der Waals surface area contributed by atoms with Crippen molar-refractivity contribution in [1.82, 2.24) is 24.7 Å². The largest absolute Gasteiger partial charge is 0.497 e. The van der Waals surface area contributed by atoms with Gasteiger partial charge in [0.1, 0.15) is 18.1 Å². The number of para-hydroxylation sites is 2. The fraction of sp³-hybridized carbons (Fsp3) is 0.464. The number of benzene rings is 2. The zero-order chi connectivity index (χ0) is 27.9. The van der Waals surface area contributed by atoms with Crippen LogP contribution in [0.1, 0.15) is 32.7 Å². The summed E-state index contributed by atoms with van der Waals surface area (Å²) in [6.07, 6.45) is 0.606. The Hall–Kier alpha value is -3.99. The lowest BCUT2D eigenvalue weighted by molar-refractivity contribution is 0.138. The number of methoxy groups -OCH3 is 1. The average Bonchev–Trinajstić information content (AvgIpc) is 3.23. The highest BCUT2D eigenvalue weighted by Gasteiger charge is 2.25. The van der Waals surface area contributed by atoms with Crippen LogP contribution >= 0.6 is 0 Å². The molecule has 0 aliphatic carbocycles. The van der Waals surface area contributed by atoms with Gasteiger partial charge in [0, 0.05) is 19.1 Å². The van der Waals surface area contributed by atoms with Crippen molar-refractivity contribution in [1.29, 1.82) is 0 Å². The van der Waals surface area contributed by atoms with Crippen molar-refractivity contribution in [3.8, 4) is 11.5 Å². The van der Waals surface area contributed by atoms with E-state index < -0.39 is 18.2 Å². The number of piperidine rings is 1. The fourth-order valence-electron chi connectivity index (χ4n) is 5.05. The molecule has 2 heterocycles. The molecule has 2 amide bonds. The van der Waals surface area contributed by atoms with E-state index in [9.17, 15) is 19.5 Å². The third-order valence-electron chi connectivity index (χ3n) is 7.06. The van der Waals surface area contributed by atoms with Crippen LogP contribution in [-0.2, 0) is 0 Å². The summed E-state index contributed by atoms with van der Waals surface area (Å²) >= 11 is 0. The monoisotopic (exact) mass is 539 g/mol. The minimum absolute atomic E-state index is 0.0678. The number of hydrogen-bond donors (Lipinski definition) is 3. The summed E-state index contributed by atoms with van der Waals surface area (Å²) in [6.45, 7) is 6.58. The normalized spacial score (nSPS) is 15.3. The number of hydrogen-bond acceptors (Lipinski definition) is 6. The molecule has 3 N–H and O–H groups in total. The van der Waals surface area contributed by atoms with E-state index in [0.717, 1.165) is 37.2 Å². The molecule has 1 fully saturated rings. The predicted octanol–water partition coefficient (Wildman–Crippen LogP) is 3.38. The number of nitrogens with one attached hydrogen (secondary N) is 2. The Labute approximate surface area is 227 Å². The quantitative estimate of drug-likeness (QED) is 0.361. The van der Waals surface area contributed by atoms with Gasteiger partial charge in [-0.15, -0.1) is 0 Å². The molecule has 1 aliphatic rings. The molecular formula is C28H37N5O6. The first-order valence-electron chi connectivity index (χ1n) is 13.3. The third-order valence-corrected chi connectivity index (χ3v) is 7.06. The van der Waals surface area contributed by atoms with E-state index in [2.05, 4.69) is 15.5 Å². The number of carboxylic acid groups (broad SMARTS) is 1. The maximum Gasteiger partial charge on any atom is 0.405 e. The lowest BCUT2D eigenvalue weighted by atomic mass is 9.96. The van der Waals surface area contributed by atoms with E-state index in [-0.39, 0.29) is 24.3 Å². The molecule has 0 bridgehead atoms. The van der Waals surface area contributed by atoms with Crippen molar-refractivity contribution >= 4 is 23.2 Å². The van der Waals surface area contributed by atoms with Crippen molar-refractivity contribution < 1.29 is 24.2 Å². The molecule has 3 aromatic rings. The summed E-state index contributed by atoms with van der Waals surface area (Å²) in [5, 5.41) is 14.8. The molecule has 0 radical (unpaired) electrons. The van der Waals surface area contributed by atoms with Gasteiger partial charge < -0.3 is 30.1 Å². The Morgan fingerprint density at radius 3 is 2.28 bits per heavy atom. The van der Waals surface area contributed by atoms with Crippen LogP contribution in [0.2, 0.25) is 0 Å². The molecule has 0 spiro atoms. The Bertz CT molecular complexity index is 1320. The van der Waals surface area contributed by atoms with Crippen LogP contribution in [0.4, 0.5) is 9.59 Å². The van der Waals surface area contributed by atoms with Gasteiger partial charge in [0.25, 0.3) is 0 Å². The maximum absolute atomic E-state index is 13.0. The van der Waals surface area contributed by atoms with Crippen molar-refractivity contribution in [2.24, 2.45) is 5.92 Å². The van der Waals surface area contributed by atoms with Crippen molar-refractivity contribution in [3.05, 3.63) is 59.0 Å². The number of carbonyl (C=O) groups is 2. The Morgan fingerprint density at radius 1 is 1.03 bits per heavy atom. The number of amides is 2. The van der Waals surface area contributed by atoms with E-state index >= 15 is 0 Å². The highest BCUT2D eigenvalue weighted by molar-refractivity contribution is 5.89. The van der Waals surface area contributed by atoms with Crippen molar-refractivity contribution in [3.63, 3.8) is 0 Å². The standard InChI is InChI=1S/C28H37N5O6/c1-19(2)32-24-6-4-5-7-25(24)33(28(32)37)26(34)29-16-20-12-14-31(15-13-20)17-21(30-27(35)36)18-39-23-10-8-22(38-3)9-11-23/h4-11,19-21,30H,12-18H2,1-3H3,(H,29,34)(H,35,36). The summed E-state index contributed by atoms with van der Waals surface area (Å²) in [6, 6.07) is 13.6. The lowest BCUT2D eigenvalue weighted by Gasteiger charge is -2.34. The van der Waals surface area contributed by atoms with Crippen molar-refractivity contribution in [2.45, 2.75) is 38.8 Å². The number of likely N-dealkylation sites (tertiary alicyclic amines) is 1. The molecule has 0 saturated carbocycles. The van der Waals surface area contributed by atoms with Crippen LogP contribution in [0.25, 0.3) is 11.0 Å². The molecule has 210 valence electrons. The third kappa shape index (κ3) is 6.91. The minimum atomic E-state index is -1.09. The molecule has 11 nitrogen and oxygen atoms in total. The molecule has 1 aromatic heterocycles. The van der Waals surface area contributed by atoms with Crippen LogP contribution < -0.4 is 25.8 Å². The summed E-state index contributed by atoms with van der Waals surface area (Å²) < 4.78 is 13.8. The summed E-state index contributed by atoms with van der Waals surface area (Å²) in [5.74, 6) is 1.62. The number of imidazole rings is 1. The molecule has 39 heavy (non-hydrogen) atoms. The van der Waals surface area contributed by atoms with Gasteiger partial charge in [0.15, 0.2) is 0 Å². The van der Waals surface area contributed by atoms with Gasteiger partial charge >= 0.3 is 17.8 Å². The van der Waals surface area contributed by atoms with E-state index in [1.807, 2.05) is 32.0 Å². The van der Waals surface area contributed by atoms with E-state index in [1.165, 1.54) is 4.57 Å². The van der Waals surface area contributed by atoms with Gasteiger partial charge in [-0.1, -0.05) is 12.1 Å². The molecule has 1 atom stereocenters. The highest BCUT2D eigenvalue weighted by Crippen LogP contribution is 2.20. The topological polar surface area (TPSA) is 127 Å². The first-order chi connectivity index (χ1) is 18.8. The number of rotatable bonds is 10. The van der Waals surface area contributed by atoms with Gasteiger partial charge in [-0.2, -0.15) is 0 Å². The number of fused-ring (bicyclic) bond motifs is 1. The maximum atomic E-state index is 13.0. The van der Waals surface area contributed by atoms with Crippen molar-refractivity contribution in [2.75, 3.05) is 39.9 Å². The lowest BCUT2D eigenvalue weighted by Crippen LogP contribution is -2.49. The van der Waals surface area contributed by atoms with E-state index in [1.54, 1.807) is 42.0 Å². The smallest absolute Gasteiger partial charge is 0.405 e. The summed E-state index contributed by atoms with van der Waals surface area (Å²) in [4.78, 5) is 39.6. The second-order valence-corrected chi connectivity index (χ2v) is 10.1. The zero-order valence-electron chi connectivity index (χ0n) is 22.6. The second kappa shape index (κ2) is 12.7. The number of ether oxygens (including phenoxy) is 2. The SMILES string of the molecule is COc1ccc(OCC(CN2CCC(CNC(=O)n3c(=O)n(C(C)C)c4ccccc43)CC2)NC(=O)O)cc1. The molecule has 4 rings (SSSR count).